The number of hydrogen-bond acceptors (Lipinski definition) is 14. The summed E-state index contributed by atoms with van der Waals surface area (Å²) in [7, 11) is 4.57. The molecular formula is C26H53N5O12. The molecule has 17 nitrogen and oxygen atoms in total. The van der Waals surface area contributed by atoms with Crippen molar-refractivity contribution in [3.05, 3.63) is 0 Å². The van der Waals surface area contributed by atoms with E-state index in [4.69, 9.17) is 10.2 Å². The van der Waals surface area contributed by atoms with Crippen LogP contribution in [-0.2, 0) is 14.4 Å². The molecule has 0 heterocycles. The summed E-state index contributed by atoms with van der Waals surface area (Å²) in [5.74, 6) is -0.701. The molecule has 254 valence electrons. The van der Waals surface area contributed by atoms with Gasteiger partial charge in [-0.05, 0) is 32.7 Å². The molecule has 0 bridgehead atoms. The van der Waals surface area contributed by atoms with Gasteiger partial charge in [-0.25, -0.2) is 0 Å². The molecule has 0 aromatic carbocycles. The molecular weight excluding hydrogens is 574 g/mol. The van der Waals surface area contributed by atoms with Crippen molar-refractivity contribution in [3.8, 4) is 0 Å². The van der Waals surface area contributed by atoms with E-state index in [0.717, 1.165) is 0 Å². The van der Waals surface area contributed by atoms with Gasteiger partial charge in [0.1, 0.15) is 24.4 Å². The molecule has 0 fully saturated rings. The first-order valence-electron chi connectivity index (χ1n) is 14.2. The second kappa shape index (κ2) is 21.6. The van der Waals surface area contributed by atoms with E-state index in [-0.39, 0.29) is 51.5 Å². The van der Waals surface area contributed by atoms with E-state index in [1.807, 2.05) is 0 Å². The maximum atomic E-state index is 13.2. The quantitative estimate of drug-likeness (QED) is 0.0353. The molecule has 0 aromatic rings. The van der Waals surface area contributed by atoms with Gasteiger partial charge in [0.2, 0.25) is 18.2 Å². The van der Waals surface area contributed by atoms with Gasteiger partial charge in [0.15, 0.2) is 0 Å². The molecule has 3 amide bonds. The smallest absolute Gasteiger partial charge is 0.241 e. The lowest BCUT2D eigenvalue weighted by atomic mass is 10.0. The fourth-order valence-corrected chi connectivity index (χ4v) is 4.09. The molecule has 0 aliphatic rings. The number of aliphatic hydroxyl groups excluding tert-OH is 9. The highest BCUT2D eigenvalue weighted by molar-refractivity contribution is 5.87. The van der Waals surface area contributed by atoms with Crippen molar-refractivity contribution in [2.75, 3.05) is 73.7 Å². The summed E-state index contributed by atoms with van der Waals surface area (Å²) in [6.07, 6.45) is -11.2. The molecule has 0 aliphatic carbocycles. The molecule has 10 N–H and O–H groups in total. The van der Waals surface area contributed by atoms with Gasteiger partial charge in [-0.1, -0.05) is 0 Å². The third-order valence-electron chi connectivity index (χ3n) is 7.11. The van der Waals surface area contributed by atoms with Crippen LogP contribution in [-0.4, -0.2) is 206 Å². The number of carbonyl (C=O) groups excluding carboxylic acids is 3. The number of carbonyl (C=O) groups is 3. The first kappa shape index (κ1) is 41.0. The normalized spacial score (nSPS) is 17.3. The van der Waals surface area contributed by atoms with Gasteiger partial charge in [-0.2, -0.15) is 0 Å². The molecule has 0 saturated heterocycles. The lowest BCUT2D eigenvalue weighted by Gasteiger charge is -2.33. The van der Waals surface area contributed by atoms with Gasteiger partial charge in [0.25, 0.3) is 0 Å². The largest absolute Gasteiger partial charge is 0.396 e. The minimum absolute atomic E-state index is 0.0178. The van der Waals surface area contributed by atoms with E-state index in [1.54, 1.807) is 14.0 Å². The van der Waals surface area contributed by atoms with Crippen molar-refractivity contribution in [2.45, 2.75) is 75.0 Å². The number of amides is 3. The van der Waals surface area contributed by atoms with Crippen molar-refractivity contribution in [1.29, 1.82) is 0 Å². The number of hydrogen-bond donors (Lipinski definition) is 10. The molecule has 17 heteroatoms. The highest BCUT2D eigenvalue weighted by Crippen LogP contribution is 2.12. The van der Waals surface area contributed by atoms with Gasteiger partial charge < -0.3 is 60.7 Å². The van der Waals surface area contributed by atoms with Crippen LogP contribution in [0.5, 0.6) is 0 Å². The maximum Gasteiger partial charge on any atom is 0.241 e. The molecule has 7 unspecified atom stereocenters. The number of likely N-dealkylation sites (N-methyl/N-ethyl adjacent to an activating group) is 2. The highest BCUT2D eigenvalue weighted by Gasteiger charge is 2.33. The summed E-state index contributed by atoms with van der Waals surface area (Å²) in [5.41, 5.74) is 0. The lowest BCUT2D eigenvalue weighted by molar-refractivity contribution is -0.140. The van der Waals surface area contributed by atoms with Crippen LogP contribution in [0, 0.1) is 0 Å². The fourth-order valence-electron chi connectivity index (χ4n) is 4.09. The van der Waals surface area contributed by atoms with Crippen LogP contribution in [0.25, 0.3) is 0 Å². The summed E-state index contributed by atoms with van der Waals surface area (Å²) >= 11 is 0. The van der Waals surface area contributed by atoms with E-state index in [9.17, 15) is 50.1 Å². The fraction of sp³-hybridized carbons (Fsp3) is 0.885. The summed E-state index contributed by atoms with van der Waals surface area (Å²) in [6.45, 7) is 0.0831. The second-order valence-corrected chi connectivity index (χ2v) is 10.7. The zero-order valence-electron chi connectivity index (χ0n) is 25.5. The Kier molecular flexibility index (Phi) is 20.6. The average Bonchev–Trinajstić information content (AvgIpc) is 2.99. The summed E-state index contributed by atoms with van der Waals surface area (Å²) in [5, 5.41) is 92.1. The zero-order chi connectivity index (χ0) is 33.3. The number of nitrogens with one attached hydrogen (secondary N) is 1. The first-order chi connectivity index (χ1) is 20.1. The molecule has 0 spiro atoms. The summed E-state index contributed by atoms with van der Waals surface area (Å²) in [6, 6.07) is -0.854. The van der Waals surface area contributed by atoms with Gasteiger partial charge in [0, 0.05) is 47.4 Å². The standard InChI is InChI=1S/C26H53N5O12/c1-5-29(3)22(39)13-30(4)26(43)17(27-15-28(2)16-34)7-6-9-31(11-19(36)23(40)18(35)8-10-32)12-20(37)24(41)25(42)21(38)14-33/h16-21,23-25,27,32-33,35-38,40-42H,5-15H2,1-4H3/t17?,18?,19?,20?,21-,23?,24?,25?/m1/s1. The molecule has 8 atom stereocenters. The minimum Gasteiger partial charge on any atom is -0.396 e. The van der Waals surface area contributed by atoms with E-state index in [1.165, 1.54) is 33.7 Å². The monoisotopic (exact) mass is 627 g/mol. The Morgan fingerprint density at radius 2 is 1.35 bits per heavy atom. The van der Waals surface area contributed by atoms with Crippen LogP contribution in [0.4, 0.5) is 0 Å². The third kappa shape index (κ3) is 15.0. The third-order valence-corrected chi connectivity index (χ3v) is 7.11. The Morgan fingerprint density at radius 1 is 0.791 bits per heavy atom. The summed E-state index contributed by atoms with van der Waals surface area (Å²) < 4.78 is 0. The average molecular weight is 628 g/mol. The topological polar surface area (TPSA) is 258 Å². The van der Waals surface area contributed by atoms with E-state index in [2.05, 4.69) is 5.32 Å². The Bertz CT molecular complexity index is 800. The van der Waals surface area contributed by atoms with Crippen molar-refractivity contribution in [3.63, 3.8) is 0 Å². The first-order valence-corrected chi connectivity index (χ1v) is 14.2. The lowest BCUT2D eigenvalue weighted by Crippen LogP contribution is -2.52. The van der Waals surface area contributed by atoms with Crippen LogP contribution in [0.2, 0.25) is 0 Å². The molecule has 43 heavy (non-hydrogen) atoms. The van der Waals surface area contributed by atoms with Crippen molar-refractivity contribution in [1.82, 2.24) is 24.9 Å². The van der Waals surface area contributed by atoms with Crippen LogP contribution in [0.1, 0.15) is 26.2 Å². The number of aliphatic hydroxyl groups is 9. The van der Waals surface area contributed by atoms with Crippen LogP contribution in [0.15, 0.2) is 0 Å². The Labute approximate surface area is 252 Å². The number of rotatable bonds is 24. The molecule has 0 aliphatic heterocycles. The van der Waals surface area contributed by atoms with Crippen LogP contribution >= 0.6 is 0 Å². The van der Waals surface area contributed by atoms with Gasteiger partial charge in [0.05, 0.1) is 44.2 Å². The van der Waals surface area contributed by atoms with E-state index >= 15 is 0 Å². The maximum absolute atomic E-state index is 13.2. The molecule has 0 rings (SSSR count). The minimum atomic E-state index is -1.89. The predicted octanol–water partition coefficient (Wildman–Crippen LogP) is -6.09. The van der Waals surface area contributed by atoms with Gasteiger partial charge in [-0.3, -0.25) is 24.6 Å². The molecule has 0 aromatic heterocycles. The SMILES string of the molecule is CCN(C)C(=O)CN(C)C(=O)C(CCCN(CC(O)C(O)C(O)CCO)CC(O)C(O)C(O)[C@H](O)CO)NCN(C)C=O. The number of nitrogens with zero attached hydrogens (tertiary/aromatic N) is 4. The van der Waals surface area contributed by atoms with Gasteiger partial charge >= 0.3 is 0 Å². The van der Waals surface area contributed by atoms with Crippen molar-refractivity contribution < 1.29 is 60.3 Å². The van der Waals surface area contributed by atoms with Crippen LogP contribution in [0.3, 0.4) is 0 Å². The molecule has 0 saturated carbocycles. The highest BCUT2D eigenvalue weighted by atomic mass is 16.4. The van der Waals surface area contributed by atoms with E-state index in [0.29, 0.717) is 13.0 Å². The Hall–Kier alpha value is -2.03. The van der Waals surface area contributed by atoms with Crippen molar-refractivity contribution in [2.24, 2.45) is 0 Å². The van der Waals surface area contributed by atoms with Crippen molar-refractivity contribution >= 4 is 18.2 Å². The zero-order valence-corrected chi connectivity index (χ0v) is 25.5. The second-order valence-electron chi connectivity index (χ2n) is 10.7. The Morgan fingerprint density at radius 3 is 1.86 bits per heavy atom. The Balaban J connectivity index is 5.72. The molecule has 0 radical (unpaired) electrons. The predicted molar refractivity (Wildman–Crippen MR) is 153 cm³/mol. The summed E-state index contributed by atoms with van der Waals surface area (Å²) in [4.78, 5) is 42.0. The van der Waals surface area contributed by atoms with E-state index < -0.39 is 74.4 Å². The van der Waals surface area contributed by atoms with Gasteiger partial charge in [-0.15, -0.1) is 0 Å². The van der Waals surface area contributed by atoms with Crippen LogP contribution < -0.4 is 5.32 Å².